The number of rotatable bonds is 4. The van der Waals surface area contributed by atoms with Gasteiger partial charge < -0.3 is 24.4 Å². The van der Waals surface area contributed by atoms with Gasteiger partial charge in [0.15, 0.2) is 11.5 Å². The standard InChI is InChI=1S/C23H21N3O5/c27-21(25-15-1-2-16-18(11-15)30-10-9-29-16)19-17-3-6-23(31-17)13-26(22(28)20(19)23)12-14-4-7-24-8-5-14/h1-8,11,17,19-20H,9-10,12-13H2,(H,25,27)/t17-,19+,20+,23+/m1/s1. The monoisotopic (exact) mass is 419 g/mol. The number of fused-ring (bicyclic) bond motifs is 2. The van der Waals surface area contributed by atoms with Gasteiger partial charge >= 0.3 is 0 Å². The fourth-order valence-electron chi connectivity index (χ4n) is 5.07. The number of ether oxygens (including phenoxy) is 3. The largest absolute Gasteiger partial charge is 0.486 e. The van der Waals surface area contributed by atoms with Gasteiger partial charge in [-0.1, -0.05) is 12.2 Å². The average Bonchev–Trinajstić information content (AvgIpc) is 3.43. The first-order chi connectivity index (χ1) is 15.1. The van der Waals surface area contributed by atoms with E-state index < -0.39 is 23.5 Å². The van der Waals surface area contributed by atoms with Crippen LogP contribution in [0.1, 0.15) is 5.56 Å². The van der Waals surface area contributed by atoms with Crippen molar-refractivity contribution in [3.63, 3.8) is 0 Å². The molecule has 2 amide bonds. The van der Waals surface area contributed by atoms with E-state index in [4.69, 9.17) is 14.2 Å². The molecular formula is C23H21N3O5. The second kappa shape index (κ2) is 6.81. The molecule has 2 aromatic rings. The Morgan fingerprint density at radius 1 is 1.16 bits per heavy atom. The molecule has 1 N–H and O–H groups in total. The summed E-state index contributed by atoms with van der Waals surface area (Å²) in [7, 11) is 0. The molecule has 5 heterocycles. The molecule has 2 fully saturated rings. The zero-order valence-corrected chi connectivity index (χ0v) is 16.7. The van der Waals surface area contributed by atoms with Gasteiger partial charge in [-0.05, 0) is 29.8 Å². The Bertz CT molecular complexity index is 1090. The smallest absolute Gasteiger partial charge is 0.231 e. The Morgan fingerprint density at radius 2 is 1.97 bits per heavy atom. The van der Waals surface area contributed by atoms with Crippen LogP contribution in [0, 0.1) is 11.8 Å². The number of likely N-dealkylation sites (tertiary alicyclic amines) is 1. The molecular weight excluding hydrogens is 398 g/mol. The van der Waals surface area contributed by atoms with Crippen LogP contribution in [-0.4, -0.2) is 53.2 Å². The van der Waals surface area contributed by atoms with Gasteiger partial charge in [-0.2, -0.15) is 0 Å². The van der Waals surface area contributed by atoms with Crippen molar-refractivity contribution in [3.8, 4) is 11.5 Å². The first-order valence-electron chi connectivity index (χ1n) is 10.4. The maximum Gasteiger partial charge on any atom is 0.231 e. The Kier molecular flexibility index (Phi) is 4.04. The number of pyridine rings is 1. The van der Waals surface area contributed by atoms with Crippen LogP contribution < -0.4 is 14.8 Å². The number of carbonyl (C=O) groups excluding carboxylic acids is 2. The van der Waals surface area contributed by atoms with Gasteiger partial charge in [-0.3, -0.25) is 14.6 Å². The SMILES string of the molecule is O=C(Nc1ccc2c(c1)OCCO2)[C@@H]1[C@H]2C(=O)N(Cc3ccncc3)C[C@@]23C=C[C@H]1O3. The molecule has 0 radical (unpaired) electrons. The summed E-state index contributed by atoms with van der Waals surface area (Å²) in [5, 5.41) is 2.95. The zero-order chi connectivity index (χ0) is 21.0. The van der Waals surface area contributed by atoms with Gasteiger partial charge in [0.05, 0.1) is 24.5 Å². The summed E-state index contributed by atoms with van der Waals surface area (Å²) < 4.78 is 17.3. The molecule has 2 saturated heterocycles. The van der Waals surface area contributed by atoms with E-state index in [-0.39, 0.29) is 11.8 Å². The lowest BCUT2D eigenvalue weighted by Gasteiger charge is -2.24. The molecule has 4 aliphatic heterocycles. The minimum atomic E-state index is -0.733. The molecule has 0 unspecified atom stereocenters. The number of carbonyl (C=O) groups is 2. The Balaban J connectivity index is 1.23. The minimum Gasteiger partial charge on any atom is -0.486 e. The quantitative estimate of drug-likeness (QED) is 0.760. The molecule has 158 valence electrons. The van der Waals surface area contributed by atoms with E-state index in [1.165, 1.54) is 0 Å². The van der Waals surface area contributed by atoms with Crippen molar-refractivity contribution in [2.45, 2.75) is 18.2 Å². The second-order valence-corrected chi connectivity index (χ2v) is 8.30. The fraction of sp³-hybridized carbons (Fsp3) is 0.348. The first kappa shape index (κ1) is 18.4. The molecule has 8 heteroatoms. The molecule has 8 nitrogen and oxygen atoms in total. The fourth-order valence-corrected chi connectivity index (χ4v) is 5.07. The summed E-state index contributed by atoms with van der Waals surface area (Å²) in [6, 6.07) is 9.08. The van der Waals surface area contributed by atoms with Crippen molar-refractivity contribution in [2.24, 2.45) is 11.8 Å². The van der Waals surface area contributed by atoms with Crippen LogP contribution >= 0.6 is 0 Å². The highest BCUT2D eigenvalue weighted by atomic mass is 16.6. The van der Waals surface area contributed by atoms with Crippen molar-refractivity contribution < 1.29 is 23.8 Å². The molecule has 1 aromatic carbocycles. The van der Waals surface area contributed by atoms with Crippen LogP contribution in [-0.2, 0) is 20.9 Å². The highest BCUT2D eigenvalue weighted by molar-refractivity contribution is 5.99. The number of hydrogen-bond acceptors (Lipinski definition) is 6. The van der Waals surface area contributed by atoms with E-state index in [1.54, 1.807) is 35.5 Å². The van der Waals surface area contributed by atoms with Crippen molar-refractivity contribution in [1.82, 2.24) is 9.88 Å². The van der Waals surface area contributed by atoms with Crippen LogP contribution in [0.2, 0.25) is 0 Å². The number of nitrogens with zero attached hydrogens (tertiary/aromatic N) is 2. The zero-order valence-electron chi connectivity index (χ0n) is 16.7. The second-order valence-electron chi connectivity index (χ2n) is 8.30. The third-order valence-electron chi connectivity index (χ3n) is 6.41. The molecule has 2 bridgehead atoms. The highest BCUT2D eigenvalue weighted by Crippen LogP contribution is 2.52. The van der Waals surface area contributed by atoms with Gasteiger partial charge in [0.25, 0.3) is 0 Å². The maximum absolute atomic E-state index is 13.3. The summed E-state index contributed by atoms with van der Waals surface area (Å²) in [5.74, 6) is -0.116. The molecule has 4 aliphatic rings. The molecule has 6 rings (SSSR count). The molecule has 4 atom stereocenters. The van der Waals surface area contributed by atoms with Gasteiger partial charge in [0, 0.05) is 30.7 Å². The lowest BCUT2D eigenvalue weighted by atomic mass is 9.77. The van der Waals surface area contributed by atoms with Crippen LogP contribution in [0.4, 0.5) is 5.69 Å². The van der Waals surface area contributed by atoms with E-state index in [0.717, 1.165) is 5.56 Å². The number of benzene rings is 1. The van der Waals surface area contributed by atoms with Gasteiger partial charge in [-0.15, -0.1) is 0 Å². The van der Waals surface area contributed by atoms with Gasteiger partial charge in [0.1, 0.15) is 18.8 Å². The van der Waals surface area contributed by atoms with Crippen molar-refractivity contribution in [2.75, 3.05) is 25.1 Å². The van der Waals surface area contributed by atoms with E-state index in [1.807, 2.05) is 24.3 Å². The predicted molar refractivity (Wildman–Crippen MR) is 109 cm³/mol. The molecule has 0 saturated carbocycles. The summed E-state index contributed by atoms with van der Waals surface area (Å²) in [5.41, 5.74) is 0.869. The average molecular weight is 419 g/mol. The normalized spacial score (nSPS) is 29.9. The van der Waals surface area contributed by atoms with Crippen molar-refractivity contribution in [1.29, 1.82) is 0 Å². The molecule has 1 aromatic heterocycles. The number of amides is 2. The Hall–Kier alpha value is -3.39. The van der Waals surface area contributed by atoms with Crippen LogP contribution in [0.25, 0.3) is 0 Å². The number of nitrogens with one attached hydrogen (secondary N) is 1. The first-order valence-corrected chi connectivity index (χ1v) is 10.4. The summed E-state index contributed by atoms with van der Waals surface area (Å²) >= 11 is 0. The molecule has 1 spiro atoms. The molecule has 0 aliphatic carbocycles. The highest BCUT2D eigenvalue weighted by Gasteiger charge is 2.66. The summed E-state index contributed by atoms with van der Waals surface area (Å²) in [6.45, 7) is 1.89. The lowest BCUT2D eigenvalue weighted by molar-refractivity contribution is -0.136. The van der Waals surface area contributed by atoms with E-state index in [0.29, 0.717) is 43.5 Å². The van der Waals surface area contributed by atoms with E-state index in [2.05, 4.69) is 10.3 Å². The van der Waals surface area contributed by atoms with Gasteiger partial charge in [-0.25, -0.2) is 0 Å². The van der Waals surface area contributed by atoms with Crippen molar-refractivity contribution >= 4 is 17.5 Å². The number of anilines is 1. The summed E-state index contributed by atoms with van der Waals surface area (Å²) in [4.78, 5) is 32.4. The predicted octanol–water partition coefficient (Wildman–Crippen LogP) is 1.77. The van der Waals surface area contributed by atoms with Crippen LogP contribution in [0.3, 0.4) is 0 Å². The van der Waals surface area contributed by atoms with E-state index in [9.17, 15) is 9.59 Å². The summed E-state index contributed by atoms with van der Waals surface area (Å²) in [6.07, 6.45) is 6.89. The lowest BCUT2D eigenvalue weighted by Crippen LogP contribution is -2.41. The van der Waals surface area contributed by atoms with Gasteiger partial charge in [0.2, 0.25) is 11.8 Å². The Morgan fingerprint density at radius 3 is 2.81 bits per heavy atom. The van der Waals surface area contributed by atoms with Crippen LogP contribution in [0.15, 0.2) is 54.9 Å². The topological polar surface area (TPSA) is 90.0 Å². The van der Waals surface area contributed by atoms with E-state index >= 15 is 0 Å². The minimum absolute atomic E-state index is 0.0500. The number of hydrogen-bond donors (Lipinski definition) is 1. The Labute approximate surface area is 178 Å². The van der Waals surface area contributed by atoms with Crippen molar-refractivity contribution in [3.05, 3.63) is 60.4 Å². The maximum atomic E-state index is 13.3. The van der Waals surface area contributed by atoms with Crippen LogP contribution in [0.5, 0.6) is 11.5 Å². The number of aromatic nitrogens is 1. The molecule has 31 heavy (non-hydrogen) atoms. The third kappa shape index (κ3) is 2.90. The third-order valence-corrected chi connectivity index (χ3v) is 6.41.